The number of para-hydroxylation sites is 1. The number of pyridine rings is 1. The van der Waals surface area contributed by atoms with Crippen LogP contribution in [0.3, 0.4) is 0 Å². The summed E-state index contributed by atoms with van der Waals surface area (Å²) in [6, 6.07) is 10.3. The van der Waals surface area contributed by atoms with Gasteiger partial charge in [-0.3, -0.25) is 4.79 Å². The smallest absolute Gasteiger partial charge is 0.206 e. The molecule has 4 heteroatoms. The van der Waals surface area contributed by atoms with Gasteiger partial charge in [-0.05, 0) is 6.07 Å². The summed E-state index contributed by atoms with van der Waals surface area (Å²) in [5.74, 6) is 0.165. The molecular weight excluding hydrogens is 304 g/mol. The summed E-state index contributed by atoms with van der Waals surface area (Å²) in [7, 11) is 0. The zero-order valence-electron chi connectivity index (χ0n) is 10.9. The van der Waals surface area contributed by atoms with Crippen molar-refractivity contribution in [3.05, 3.63) is 42.2 Å². The SMILES string of the molecule is CC(=O)C[n+]1ccc2c([nH]c3ccccc32)c1C.[Br-]. The van der Waals surface area contributed by atoms with Gasteiger partial charge < -0.3 is 22.0 Å². The van der Waals surface area contributed by atoms with Gasteiger partial charge in [-0.1, -0.05) is 18.2 Å². The van der Waals surface area contributed by atoms with Crippen LogP contribution in [0.5, 0.6) is 0 Å². The molecule has 98 valence electrons. The third-order valence-electron chi connectivity index (χ3n) is 3.35. The molecule has 0 aliphatic rings. The van der Waals surface area contributed by atoms with Crippen LogP contribution in [0.15, 0.2) is 36.5 Å². The van der Waals surface area contributed by atoms with E-state index in [1.54, 1.807) is 6.92 Å². The van der Waals surface area contributed by atoms with E-state index in [9.17, 15) is 4.79 Å². The molecule has 1 aromatic carbocycles. The van der Waals surface area contributed by atoms with Crippen molar-refractivity contribution in [3.63, 3.8) is 0 Å². The number of halogens is 1. The maximum atomic E-state index is 11.2. The molecule has 2 aromatic heterocycles. The number of H-pyrrole nitrogens is 1. The Bertz CT molecular complexity index is 761. The Morgan fingerprint density at radius 3 is 2.68 bits per heavy atom. The quantitative estimate of drug-likeness (QED) is 0.636. The first-order chi connectivity index (χ1) is 8.66. The van der Waals surface area contributed by atoms with Crippen LogP contribution < -0.4 is 21.5 Å². The molecule has 3 aromatic rings. The maximum absolute atomic E-state index is 11.2. The van der Waals surface area contributed by atoms with E-state index in [-0.39, 0.29) is 22.8 Å². The maximum Gasteiger partial charge on any atom is 0.206 e. The molecule has 0 saturated carbocycles. The summed E-state index contributed by atoms with van der Waals surface area (Å²) in [5.41, 5.74) is 3.34. The van der Waals surface area contributed by atoms with Crippen molar-refractivity contribution < 1.29 is 26.3 Å². The normalized spacial score (nSPS) is 10.6. The molecule has 0 saturated heterocycles. The van der Waals surface area contributed by atoms with Gasteiger partial charge in [0.2, 0.25) is 12.2 Å². The average molecular weight is 319 g/mol. The lowest BCUT2D eigenvalue weighted by Gasteiger charge is -1.99. The average Bonchev–Trinajstić information content (AvgIpc) is 2.72. The van der Waals surface area contributed by atoms with Crippen LogP contribution in [0.2, 0.25) is 0 Å². The fraction of sp³-hybridized carbons (Fsp3) is 0.200. The molecule has 0 aliphatic carbocycles. The molecule has 0 unspecified atom stereocenters. The van der Waals surface area contributed by atoms with Crippen LogP contribution >= 0.6 is 0 Å². The van der Waals surface area contributed by atoms with Crippen molar-refractivity contribution in [2.45, 2.75) is 20.4 Å². The minimum absolute atomic E-state index is 0. The first kappa shape index (κ1) is 13.7. The second kappa shape index (κ2) is 5.13. The van der Waals surface area contributed by atoms with Gasteiger partial charge in [-0.15, -0.1) is 0 Å². The first-order valence-corrected chi connectivity index (χ1v) is 6.06. The summed E-state index contributed by atoms with van der Waals surface area (Å²) < 4.78 is 1.99. The molecule has 0 fully saturated rings. The Hall–Kier alpha value is -1.68. The van der Waals surface area contributed by atoms with Crippen molar-refractivity contribution in [2.75, 3.05) is 0 Å². The number of hydrogen-bond donors (Lipinski definition) is 1. The minimum Gasteiger partial charge on any atom is -1.00 e. The van der Waals surface area contributed by atoms with Gasteiger partial charge in [-0.2, -0.15) is 4.57 Å². The second-order valence-electron chi connectivity index (χ2n) is 4.69. The van der Waals surface area contributed by atoms with E-state index in [2.05, 4.69) is 23.2 Å². The number of Topliss-reactive ketones (excluding diaryl/α,β-unsaturated/α-hetero) is 1. The monoisotopic (exact) mass is 318 g/mol. The van der Waals surface area contributed by atoms with Gasteiger partial charge in [0.1, 0.15) is 5.52 Å². The number of aryl methyl sites for hydroxylation is 1. The zero-order valence-corrected chi connectivity index (χ0v) is 12.5. The number of nitrogens with zero attached hydrogens (tertiary/aromatic N) is 1. The number of aromatic amines is 1. The van der Waals surface area contributed by atoms with Gasteiger partial charge in [0, 0.05) is 36.2 Å². The molecule has 2 heterocycles. The molecule has 0 spiro atoms. The Kier molecular flexibility index (Phi) is 3.71. The number of rotatable bonds is 2. The highest BCUT2D eigenvalue weighted by molar-refractivity contribution is 6.07. The van der Waals surface area contributed by atoms with Gasteiger partial charge >= 0.3 is 0 Å². The third kappa shape index (κ3) is 2.28. The molecule has 19 heavy (non-hydrogen) atoms. The molecule has 0 radical (unpaired) electrons. The summed E-state index contributed by atoms with van der Waals surface area (Å²) in [4.78, 5) is 14.7. The Labute approximate surface area is 122 Å². The highest BCUT2D eigenvalue weighted by atomic mass is 79.9. The standard InChI is InChI=1S/C15H14N2O.BrH/c1-10(18)9-17-8-7-13-12-5-3-4-6-14(12)16-15(13)11(17)2;/h3-8H,9H2,1-2H3;1H. The first-order valence-electron chi connectivity index (χ1n) is 6.06. The van der Waals surface area contributed by atoms with E-state index in [4.69, 9.17) is 0 Å². The van der Waals surface area contributed by atoms with Crippen molar-refractivity contribution >= 4 is 27.6 Å². The van der Waals surface area contributed by atoms with E-state index in [0.29, 0.717) is 6.54 Å². The number of nitrogens with one attached hydrogen (secondary N) is 1. The summed E-state index contributed by atoms with van der Waals surface area (Å²) in [5, 5.41) is 2.44. The lowest BCUT2D eigenvalue weighted by atomic mass is 10.1. The minimum atomic E-state index is 0. The van der Waals surface area contributed by atoms with E-state index >= 15 is 0 Å². The number of benzene rings is 1. The Morgan fingerprint density at radius 2 is 1.95 bits per heavy atom. The molecule has 0 aliphatic heterocycles. The lowest BCUT2D eigenvalue weighted by molar-refractivity contribution is -0.688. The number of aromatic nitrogens is 2. The van der Waals surface area contributed by atoms with Gasteiger partial charge in [0.05, 0.1) is 0 Å². The van der Waals surface area contributed by atoms with Gasteiger partial charge in [-0.25, -0.2) is 0 Å². The molecule has 0 amide bonds. The van der Waals surface area contributed by atoms with Crippen LogP contribution in [0, 0.1) is 6.92 Å². The zero-order chi connectivity index (χ0) is 12.7. The van der Waals surface area contributed by atoms with Crippen LogP contribution in [0.4, 0.5) is 0 Å². The predicted molar refractivity (Wildman–Crippen MR) is 71.4 cm³/mol. The molecule has 3 rings (SSSR count). The van der Waals surface area contributed by atoms with Crippen molar-refractivity contribution in [3.8, 4) is 0 Å². The Balaban J connectivity index is 0.00000133. The third-order valence-corrected chi connectivity index (χ3v) is 3.35. The van der Waals surface area contributed by atoms with Crippen LogP contribution in [0.1, 0.15) is 12.6 Å². The van der Waals surface area contributed by atoms with E-state index in [0.717, 1.165) is 16.7 Å². The van der Waals surface area contributed by atoms with Crippen LogP contribution in [-0.2, 0) is 11.3 Å². The number of ketones is 1. The fourth-order valence-electron chi connectivity index (χ4n) is 2.45. The lowest BCUT2D eigenvalue weighted by Crippen LogP contribution is -3.00. The number of carbonyl (C=O) groups is 1. The molecule has 1 N–H and O–H groups in total. The fourth-order valence-corrected chi connectivity index (χ4v) is 2.45. The van der Waals surface area contributed by atoms with Gasteiger partial charge in [0.25, 0.3) is 0 Å². The Morgan fingerprint density at radius 1 is 1.21 bits per heavy atom. The highest BCUT2D eigenvalue weighted by Gasteiger charge is 2.15. The summed E-state index contributed by atoms with van der Waals surface area (Å²) in [6.07, 6.45) is 1.99. The molecular formula is C15H15BrN2O. The summed E-state index contributed by atoms with van der Waals surface area (Å²) >= 11 is 0. The highest BCUT2D eigenvalue weighted by Crippen LogP contribution is 2.25. The van der Waals surface area contributed by atoms with Crippen LogP contribution in [0.25, 0.3) is 21.8 Å². The van der Waals surface area contributed by atoms with E-state index in [1.165, 1.54) is 10.8 Å². The topological polar surface area (TPSA) is 36.7 Å². The van der Waals surface area contributed by atoms with E-state index in [1.807, 2.05) is 29.8 Å². The number of fused-ring (bicyclic) bond motifs is 3. The molecule has 0 atom stereocenters. The van der Waals surface area contributed by atoms with Crippen molar-refractivity contribution in [2.24, 2.45) is 0 Å². The molecule has 3 nitrogen and oxygen atoms in total. The molecule has 0 bridgehead atoms. The number of carbonyl (C=O) groups excluding carboxylic acids is 1. The summed E-state index contributed by atoms with van der Waals surface area (Å²) in [6.45, 7) is 4.08. The van der Waals surface area contributed by atoms with Crippen molar-refractivity contribution in [1.29, 1.82) is 0 Å². The van der Waals surface area contributed by atoms with Crippen molar-refractivity contribution in [1.82, 2.24) is 4.98 Å². The largest absolute Gasteiger partial charge is 1.00 e. The van der Waals surface area contributed by atoms with Crippen LogP contribution in [-0.4, -0.2) is 10.8 Å². The van der Waals surface area contributed by atoms with E-state index < -0.39 is 0 Å². The second-order valence-corrected chi connectivity index (χ2v) is 4.69. The predicted octanol–water partition coefficient (Wildman–Crippen LogP) is -0.490. The number of hydrogen-bond acceptors (Lipinski definition) is 1. The van der Waals surface area contributed by atoms with Gasteiger partial charge in [0.15, 0.2) is 12.0 Å².